The standard InChI is InChI=1S/C17H13F3N2/c1-10-4-3-5-14(11(10)2)16-21-9-12-8-13(17(18,19)20)6-7-15(12)22-16/h3-9H,1-2H3. The molecule has 112 valence electrons. The molecule has 3 rings (SSSR count). The predicted molar refractivity (Wildman–Crippen MR) is 79.5 cm³/mol. The van der Waals surface area contributed by atoms with Gasteiger partial charge in [0.1, 0.15) is 0 Å². The maximum atomic E-state index is 12.7. The van der Waals surface area contributed by atoms with E-state index in [4.69, 9.17) is 0 Å². The van der Waals surface area contributed by atoms with E-state index in [-0.39, 0.29) is 0 Å². The van der Waals surface area contributed by atoms with Crippen LogP contribution in [-0.4, -0.2) is 9.97 Å². The lowest BCUT2D eigenvalue weighted by molar-refractivity contribution is -0.137. The van der Waals surface area contributed by atoms with Gasteiger partial charge in [0, 0.05) is 17.1 Å². The molecule has 0 fully saturated rings. The lowest BCUT2D eigenvalue weighted by Crippen LogP contribution is -2.04. The first kappa shape index (κ1) is 14.5. The molecule has 0 radical (unpaired) electrons. The highest BCUT2D eigenvalue weighted by Crippen LogP contribution is 2.31. The van der Waals surface area contributed by atoms with Gasteiger partial charge in [0.05, 0.1) is 11.1 Å². The summed E-state index contributed by atoms with van der Waals surface area (Å²) in [4.78, 5) is 8.62. The second-order valence-electron chi connectivity index (χ2n) is 5.21. The van der Waals surface area contributed by atoms with E-state index < -0.39 is 11.7 Å². The van der Waals surface area contributed by atoms with E-state index in [0.717, 1.165) is 28.8 Å². The Bertz CT molecular complexity index is 854. The SMILES string of the molecule is Cc1cccc(-c2ncc3cc(C(F)(F)F)ccc3n2)c1C. The van der Waals surface area contributed by atoms with Crippen molar-refractivity contribution < 1.29 is 13.2 Å². The minimum absolute atomic E-state index is 0.379. The molecule has 2 nitrogen and oxygen atoms in total. The molecular weight excluding hydrogens is 289 g/mol. The minimum atomic E-state index is -4.36. The Morgan fingerprint density at radius 3 is 2.50 bits per heavy atom. The summed E-state index contributed by atoms with van der Waals surface area (Å²) in [6.45, 7) is 3.97. The molecule has 3 aromatic rings. The average Bonchev–Trinajstić information content (AvgIpc) is 2.48. The monoisotopic (exact) mass is 302 g/mol. The molecule has 0 aliphatic heterocycles. The number of fused-ring (bicyclic) bond motifs is 1. The predicted octanol–water partition coefficient (Wildman–Crippen LogP) is 4.93. The van der Waals surface area contributed by atoms with Crippen LogP contribution in [0.1, 0.15) is 16.7 Å². The van der Waals surface area contributed by atoms with Gasteiger partial charge >= 0.3 is 6.18 Å². The molecule has 0 atom stereocenters. The lowest BCUT2D eigenvalue weighted by Gasteiger charge is -2.10. The van der Waals surface area contributed by atoms with E-state index in [9.17, 15) is 13.2 Å². The fraction of sp³-hybridized carbons (Fsp3) is 0.176. The zero-order valence-electron chi connectivity index (χ0n) is 12.1. The Morgan fingerprint density at radius 2 is 1.77 bits per heavy atom. The summed E-state index contributed by atoms with van der Waals surface area (Å²) in [7, 11) is 0. The molecule has 0 N–H and O–H groups in total. The molecule has 0 unspecified atom stereocenters. The maximum Gasteiger partial charge on any atom is 0.416 e. The van der Waals surface area contributed by atoms with E-state index >= 15 is 0 Å². The number of nitrogens with zero attached hydrogens (tertiary/aromatic N) is 2. The number of benzene rings is 2. The highest BCUT2D eigenvalue weighted by Gasteiger charge is 2.30. The molecule has 5 heteroatoms. The van der Waals surface area contributed by atoms with E-state index in [2.05, 4.69) is 9.97 Å². The second-order valence-corrected chi connectivity index (χ2v) is 5.21. The number of aryl methyl sites for hydroxylation is 1. The van der Waals surface area contributed by atoms with Crippen LogP contribution in [0.2, 0.25) is 0 Å². The maximum absolute atomic E-state index is 12.7. The summed E-state index contributed by atoms with van der Waals surface area (Å²) in [5.74, 6) is 0.522. The van der Waals surface area contributed by atoms with Crippen LogP contribution < -0.4 is 0 Å². The van der Waals surface area contributed by atoms with Crippen molar-refractivity contribution >= 4 is 10.9 Å². The minimum Gasteiger partial charge on any atom is -0.236 e. The Labute approximate surface area is 125 Å². The summed E-state index contributed by atoms with van der Waals surface area (Å²) in [5, 5.41) is 0.379. The van der Waals surface area contributed by atoms with Gasteiger partial charge in [0.15, 0.2) is 5.82 Å². The molecule has 22 heavy (non-hydrogen) atoms. The van der Waals surface area contributed by atoms with Gasteiger partial charge in [-0.1, -0.05) is 18.2 Å². The third-order valence-electron chi connectivity index (χ3n) is 3.75. The first-order valence-electron chi connectivity index (χ1n) is 6.77. The Hall–Kier alpha value is -2.43. The zero-order chi connectivity index (χ0) is 15.9. The van der Waals surface area contributed by atoms with Crippen molar-refractivity contribution in [3.8, 4) is 11.4 Å². The smallest absolute Gasteiger partial charge is 0.236 e. The summed E-state index contributed by atoms with van der Waals surface area (Å²) in [6.07, 6.45) is -2.92. The number of hydrogen-bond acceptors (Lipinski definition) is 2. The molecule has 0 amide bonds. The van der Waals surface area contributed by atoms with Gasteiger partial charge in [0.2, 0.25) is 0 Å². The topological polar surface area (TPSA) is 25.8 Å². The van der Waals surface area contributed by atoms with Gasteiger partial charge in [-0.25, -0.2) is 9.97 Å². The van der Waals surface area contributed by atoms with Gasteiger partial charge in [-0.15, -0.1) is 0 Å². The second kappa shape index (κ2) is 5.09. The van der Waals surface area contributed by atoms with Crippen molar-refractivity contribution in [1.82, 2.24) is 9.97 Å². The van der Waals surface area contributed by atoms with Crippen molar-refractivity contribution in [2.24, 2.45) is 0 Å². The molecular formula is C17H13F3N2. The number of rotatable bonds is 1. The van der Waals surface area contributed by atoms with Crippen LogP contribution in [0, 0.1) is 13.8 Å². The van der Waals surface area contributed by atoms with Crippen LogP contribution in [0.4, 0.5) is 13.2 Å². The lowest BCUT2D eigenvalue weighted by atomic mass is 10.0. The van der Waals surface area contributed by atoms with Crippen molar-refractivity contribution in [3.63, 3.8) is 0 Å². The Balaban J connectivity index is 2.13. The molecule has 1 aromatic heterocycles. The van der Waals surface area contributed by atoms with Gasteiger partial charge in [-0.2, -0.15) is 13.2 Å². The van der Waals surface area contributed by atoms with Crippen LogP contribution >= 0.6 is 0 Å². The largest absolute Gasteiger partial charge is 0.416 e. The highest BCUT2D eigenvalue weighted by atomic mass is 19.4. The van der Waals surface area contributed by atoms with Crippen molar-refractivity contribution in [2.75, 3.05) is 0 Å². The van der Waals surface area contributed by atoms with Gasteiger partial charge < -0.3 is 0 Å². The van der Waals surface area contributed by atoms with Crippen molar-refractivity contribution in [1.29, 1.82) is 0 Å². The fourth-order valence-corrected chi connectivity index (χ4v) is 2.33. The first-order valence-corrected chi connectivity index (χ1v) is 6.77. The summed E-state index contributed by atoms with van der Waals surface area (Å²) >= 11 is 0. The molecule has 0 bridgehead atoms. The van der Waals surface area contributed by atoms with E-state index in [0.29, 0.717) is 16.7 Å². The van der Waals surface area contributed by atoms with Gasteiger partial charge in [0.25, 0.3) is 0 Å². The molecule has 0 aliphatic carbocycles. The molecule has 2 aromatic carbocycles. The van der Waals surface area contributed by atoms with Crippen molar-refractivity contribution in [3.05, 3.63) is 59.3 Å². The number of alkyl halides is 3. The quantitative estimate of drug-likeness (QED) is 0.637. The van der Waals surface area contributed by atoms with Crippen LogP contribution in [-0.2, 0) is 6.18 Å². The molecule has 0 saturated heterocycles. The molecule has 1 heterocycles. The number of aromatic nitrogens is 2. The third kappa shape index (κ3) is 2.54. The van der Waals surface area contributed by atoms with Gasteiger partial charge in [-0.05, 0) is 43.2 Å². The molecule has 0 saturated carbocycles. The number of halogens is 3. The fourth-order valence-electron chi connectivity index (χ4n) is 2.33. The normalized spacial score (nSPS) is 11.9. The van der Waals surface area contributed by atoms with Crippen LogP contribution in [0.5, 0.6) is 0 Å². The summed E-state index contributed by atoms with van der Waals surface area (Å²) < 4.78 is 38.1. The van der Waals surface area contributed by atoms with E-state index in [1.807, 2.05) is 32.0 Å². The van der Waals surface area contributed by atoms with Crippen LogP contribution in [0.15, 0.2) is 42.6 Å². The highest BCUT2D eigenvalue weighted by molar-refractivity contribution is 5.80. The Kier molecular flexibility index (Phi) is 3.35. The van der Waals surface area contributed by atoms with Crippen molar-refractivity contribution in [2.45, 2.75) is 20.0 Å². The summed E-state index contributed by atoms with van der Waals surface area (Å²) in [5.41, 5.74) is 2.88. The Morgan fingerprint density at radius 1 is 1.00 bits per heavy atom. The third-order valence-corrected chi connectivity index (χ3v) is 3.75. The molecule has 0 spiro atoms. The van der Waals surface area contributed by atoms with E-state index in [1.165, 1.54) is 12.3 Å². The average molecular weight is 302 g/mol. The van der Waals surface area contributed by atoms with E-state index in [1.54, 1.807) is 0 Å². The van der Waals surface area contributed by atoms with Crippen LogP contribution in [0.3, 0.4) is 0 Å². The molecule has 0 aliphatic rings. The zero-order valence-corrected chi connectivity index (χ0v) is 12.1. The number of hydrogen-bond donors (Lipinski definition) is 0. The summed E-state index contributed by atoms with van der Waals surface area (Å²) in [6, 6.07) is 9.32. The van der Waals surface area contributed by atoms with Gasteiger partial charge in [-0.3, -0.25) is 0 Å². The first-order chi connectivity index (χ1) is 10.4. The van der Waals surface area contributed by atoms with Crippen LogP contribution in [0.25, 0.3) is 22.3 Å².